The highest BCUT2D eigenvalue weighted by Crippen LogP contribution is 2.21. The van der Waals surface area contributed by atoms with E-state index in [2.05, 4.69) is 15.6 Å². The molecule has 1 rings (SSSR count). The summed E-state index contributed by atoms with van der Waals surface area (Å²) in [5, 5.41) is 5.65. The smallest absolute Gasteiger partial charge is 0.221 e. The maximum atomic E-state index is 11.1. The van der Waals surface area contributed by atoms with Crippen molar-refractivity contribution < 1.29 is 9.53 Å². The van der Waals surface area contributed by atoms with Gasteiger partial charge in [-0.3, -0.25) is 4.79 Å². The van der Waals surface area contributed by atoms with Crippen molar-refractivity contribution in [3.8, 4) is 5.75 Å². The molecule has 0 fully saturated rings. The molecular weight excluding hydrogens is 218 g/mol. The van der Waals surface area contributed by atoms with Gasteiger partial charge in [0, 0.05) is 26.2 Å². The summed E-state index contributed by atoms with van der Waals surface area (Å²) in [5.41, 5.74) is 0. The lowest BCUT2D eigenvalue weighted by Crippen LogP contribution is -2.21. The highest BCUT2D eigenvalue weighted by Gasteiger charge is 2.06. The van der Waals surface area contributed by atoms with Gasteiger partial charge < -0.3 is 15.4 Å². The SMILES string of the molecule is CNC(=O)CCNc1ncccc1OC(C)C. The van der Waals surface area contributed by atoms with Crippen LogP contribution in [0.4, 0.5) is 5.82 Å². The largest absolute Gasteiger partial charge is 0.487 e. The second-order valence-corrected chi connectivity index (χ2v) is 3.87. The van der Waals surface area contributed by atoms with Crippen LogP contribution in [0.15, 0.2) is 18.3 Å². The van der Waals surface area contributed by atoms with Gasteiger partial charge in [-0.25, -0.2) is 4.98 Å². The zero-order valence-electron chi connectivity index (χ0n) is 10.5. The predicted octanol–water partition coefficient (Wildman–Crippen LogP) is 1.42. The third-order valence-corrected chi connectivity index (χ3v) is 2.06. The Balaban J connectivity index is 2.54. The number of hydrogen-bond acceptors (Lipinski definition) is 4. The Morgan fingerprint density at radius 2 is 2.29 bits per heavy atom. The van der Waals surface area contributed by atoms with E-state index >= 15 is 0 Å². The minimum absolute atomic E-state index is 0.000223. The van der Waals surface area contributed by atoms with Crippen molar-refractivity contribution in [1.82, 2.24) is 10.3 Å². The molecule has 0 radical (unpaired) electrons. The fourth-order valence-electron chi connectivity index (χ4n) is 1.29. The number of aromatic nitrogens is 1. The lowest BCUT2D eigenvalue weighted by molar-refractivity contribution is -0.120. The van der Waals surface area contributed by atoms with Crippen LogP contribution in [0.5, 0.6) is 5.75 Å². The summed E-state index contributed by atoms with van der Waals surface area (Å²) in [6.07, 6.45) is 2.20. The molecule has 0 spiro atoms. The monoisotopic (exact) mass is 237 g/mol. The third-order valence-electron chi connectivity index (χ3n) is 2.06. The van der Waals surface area contributed by atoms with Crippen LogP contribution in [0, 0.1) is 0 Å². The summed E-state index contributed by atoms with van der Waals surface area (Å²) in [6.45, 7) is 4.45. The molecule has 5 nitrogen and oxygen atoms in total. The second kappa shape index (κ2) is 6.73. The molecule has 5 heteroatoms. The molecule has 1 aromatic heterocycles. The first kappa shape index (κ1) is 13.3. The zero-order chi connectivity index (χ0) is 12.7. The van der Waals surface area contributed by atoms with Crippen molar-refractivity contribution in [3.05, 3.63) is 18.3 Å². The number of nitrogens with one attached hydrogen (secondary N) is 2. The first-order valence-corrected chi connectivity index (χ1v) is 5.69. The van der Waals surface area contributed by atoms with Crippen LogP contribution in [-0.4, -0.2) is 30.6 Å². The molecule has 0 bridgehead atoms. The molecule has 0 saturated carbocycles. The Morgan fingerprint density at radius 1 is 1.53 bits per heavy atom. The van der Waals surface area contributed by atoms with E-state index in [4.69, 9.17) is 4.74 Å². The van der Waals surface area contributed by atoms with Gasteiger partial charge in [-0.2, -0.15) is 0 Å². The van der Waals surface area contributed by atoms with Gasteiger partial charge in [0.25, 0.3) is 0 Å². The first-order chi connectivity index (χ1) is 8.13. The average Bonchev–Trinajstić information content (AvgIpc) is 2.30. The number of rotatable bonds is 6. The van der Waals surface area contributed by atoms with Crippen molar-refractivity contribution in [2.24, 2.45) is 0 Å². The normalized spacial score (nSPS) is 10.1. The van der Waals surface area contributed by atoms with Crippen molar-refractivity contribution in [2.75, 3.05) is 18.9 Å². The van der Waals surface area contributed by atoms with Gasteiger partial charge >= 0.3 is 0 Å². The summed E-state index contributed by atoms with van der Waals surface area (Å²) >= 11 is 0. The molecule has 0 aliphatic heterocycles. The van der Waals surface area contributed by atoms with Gasteiger partial charge in [0.2, 0.25) is 5.91 Å². The molecule has 0 unspecified atom stereocenters. The van der Waals surface area contributed by atoms with E-state index in [1.54, 1.807) is 13.2 Å². The van der Waals surface area contributed by atoms with Crippen LogP contribution in [0.25, 0.3) is 0 Å². The van der Waals surface area contributed by atoms with Crippen LogP contribution >= 0.6 is 0 Å². The Morgan fingerprint density at radius 3 is 2.94 bits per heavy atom. The van der Waals surface area contributed by atoms with Crippen molar-refractivity contribution in [2.45, 2.75) is 26.4 Å². The Hall–Kier alpha value is -1.78. The lowest BCUT2D eigenvalue weighted by atomic mass is 10.3. The van der Waals surface area contributed by atoms with Gasteiger partial charge in [0.1, 0.15) is 0 Å². The number of amides is 1. The number of carbonyl (C=O) groups excluding carboxylic acids is 1. The Bertz CT molecular complexity index is 367. The van der Waals surface area contributed by atoms with E-state index in [9.17, 15) is 4.79 Å². The van der Waals surface area contributed by atoms with Gasteiger partial charge in [-0.05, 0) is 26.0 Å². The van der Waals surface area contributed by atoms with Gasteiger partial charge in [0.05, 0.1) is 6.10 Å². The molecule has 1 amide bonds. The van der Waals surface area contributed by atoms with Crippen molar-refractivity contribution >= 4 is 11.7 Å². The fraction of sp³-hybridized carbons (Fsp3) is 0.500. The summed E-state index contributed by atoms with van der Waals surface area (Å²) in [7, 11) is 1.62. The van der Waals surface area contributed by atoms with Crippen LogP contribution in [0.2, 0.25) is 0 Å². The van der Waals surface area contributed by atoms with Crippen LogP contribution in [0.1, 0.15) is 20.3 Å². The second-order valence-electron chi connectivity index (χ2n) is 3.87. The third kappa shape index (κ3) is 4.72. The van der Waals surface area contributed by atoms with Gasteiger partial charge in [-0.1, -0.05) is 0 Å². The topological polar surface area (TPSA) is 63.2 Å². The van der Waals surface area contributed by atoms with E-state index < -0.39 is 0 Å². The highest BCUT2D eigenvalue weighted by atomic mass is 16.5. The number of anilines is 1. The number of hydrogen-bond donors (Lipinski definition) is 2. The predicted molar refractivity (Wildman–Crippen MR) is 67.2 cm³/mol. The van der Waals surface area contributed by atoms with Crippen LogP contribution < -0.4 is 15.4 Å². The molecule has 0 atom stereocenters. The maximum absolute atomic E-state index is 11.1. The molecule has 0 aromatic carbocycles. The molecule has 17 heavy (non-hydrogen) atoms. The summed E-state index contributed by atoms with van der Waals surface area (Å²) < 4.78 is 5.60. The van der Waals surface area contributed by atoms with E-state index in [1.165, 1.54) is 0 Å². The number of nitrogens with zero attached hydrogens (tertiary/aromatic N) is 1. The molecule has 0 aliphatic rings. The van der Waals surface area contributed by atoms with E-state index in [0.717, 1.165) is 0 Å². The highest BCUT2D eigenvalue weighted by molar-refractivity contribution is 5.76. The maximum Gasteiger partial charge on any atom is 0.221 e. The zero-order valence-corrected chi connectivity index (χ0v) is 10.5. The average molecular weight is 237 g/mol. The fourth-order valence-corrected chi connectivity index (χ4v) is 1.29. The quantitative estimate of drug-likeness (QED) is 0.785. The Labute approximate surface area is 102 Å². The lowest BCUT2D eigenvalue weighted by Gasteiger charge is -2.14. The van der Waals surface area contributed by atoms with Crippen molar-refractivity contribution in [1.29, 1.82) is 0 Å². The van der Waals surface area contributed by atoms with E-state index in [0.29, 0.717) is 24.5 Å². The van der Waals surface area contributed by atoms with Crippen molar-refractivity contribution in [3.63, 3.8) is 0 Å². The molecule has 94 valence electrons. The number of ether oxygens (including phenoxy) is 1. The minimum Gasteiger partial charge on any atom is -0.487 e. The Kier molecular flexibility index (Phi) is 5.26. The van der Waals surface area contributed by atoms with Crippen LogP contribution in [0.3, 0.4) is 0 Å². The first-order valence-electron chi connectivity index (χ1n) is 5.69. The number of pyridine rings is 1. The van der Waals surface area contributed by atoms with Gasteiger partial charge in [-0.15, -0.1) is 0 Å². The minimum atomic E-state index is -0.000223. The molecule has 2 N–H and O–H groups in total. The summed E-state index contributed by atoms with van der Waals surface area (Å²) in [4.78, 5) is 15.2. The molecule has 0 saturated heterocycles. The van der Waals surface area contributed by atoms with Gasteiger partial charge in [0.15, 0.2) is 11.6 Å². The number of carbonyl (C=O) groups is 1. The molecule has 0 aliphatic carbocycles. The summed E-state index contributed by atoms with van der Waals surface area (Å²) in [6, 6.07) is 3.68. The summed E-state index contributed by atoms with van der Waals surface area (Å²) in [5.74, 6) is 1.38. The molecular formula is C12H19N3O2. The van der Waals surface area contributed by atoms with E-state index in [1.807, 2.05) is 26.0 Å². The molecule has 1 heterocycles. The molecule has 1 aromatic rings. The van der Waals surface area contributed by atoms with Crippen LogP contribution in [-0.2, 0) is 4.79 Å². The standard InChI is InChI=1S/C12H19N3O2/c1-9(2)17-10-5-4-7-14-12(10)15-8-6-11(16)13-3/h4-5,7,9H,6,8H2,1-3H3,(H,13,16)(H,14,15). The van der Waals surface area contributed by atoms with E-state index in [-0.39, 0.29) is 12.0 Å².